The molecule has 0 aromatic heterocycles. The van der Waals surface area contributed by atoms with Gasteiger partial charge in [-0.3, -0.25) is 8.42 Å². The summed E-state index contributed by atoms with van der Waals surface area (Å²) in [4.78, 5) is 8.33. The van der Waals surface area contributed by atoms with Crippen LogP contribution in [0.2, 0.25) is 0 Å². The number of rotatable bonds is 0. The van der Waals surface area contributed by atoms with Crippen molar-refractivity contribution in [2.45, 2.75) is 0 Å². The monoisotopic (exact) mass is 260 g/mol. The zero-order valence-electron chi connectivity index (χ0n) is 5.18. The molecule has 10 heteroatoms. The molecule has 0 spiro atoms. The van der Waals surface area contributed by atoms with Crippen molar-refractivity contribution in [3.8, 4) is 0 Å². The van der Waals surface area contributed by atoms with Gasteiger partial charge < -0.3 is 24.1 Å². The third-order valence-corrected chi connectivity index (χ3v) is 0. The third kappa shape index (κ3) is 857. The number of hydrogen-bond donors (Lipinski definition) is 0. The van der Waals surface area contributed by atoms with Crippen molar-refractivity contribution in [3.63, 3.8) is 0 Å². The zero-order valence-corrected chi connectivity index (χ0v) is 11.2. The van der Waals surface area contributed by atoms with Crippen LogP contribution in [0.5, 0.6) is 0 Å². The van der Waals surface area contributed by atoms with E-state index in [9.17, 15) is 0 Å². The first-order chi connectivity index (χ1) is 3.73. The number of carboxylic acid groups (broad SMARTS) is 2. The normalized spacial score (nSPS) is 7.45. The van der Waals surface area contributed by atoms with E-state index in [1.807, 2.05) is 0 Å². The van der Waals surface area contributed by atoms with E-state index >= 15 is 0 Å². The Morgan fingerprint density at radius 2 is 1.09 bits per heavy atom. The van der Waals surface area contributed by atoms with Gasteiger partial charge in [-0.2, -0.15) is 0 Å². The molecule has 11 heavy (non-hydrogen) atoms. The van der Waals surface area contributed by atoms with E-state index < -0.39 is 16.6 Å². The van der Waals surface area contributed by atoms with Gasteiger partial charge in [0, 0.05) is 10.4 Å². The van der Waals surface area contributed by atoms with Crippen molar-refractivity contribution in [2.24, 2.45) is 0 Å². The molecule has 0 aromatic rings. The molecule has 0 aliphatic heterocycles. The average molecular weight is 262 g/mol. The van der Waals surface area contributed by atoms with Gasteiger partial charge in [0.05, 0.1) is 0 Å². The fourth-order valence-corrected chi connectivity index (χ4v) is 0. The molecule has 0 aliphatic rings. The van der Waals surface area contributed by atoms with Gasteiger partial charge >= 0.3 is 57.2 Å². The SMILES string of the molecule is O=C([O-])[O-].O=S(=O)([O-])[O-].[Ca+2].[Zn+2]. The smallest absolute Gasteiger partial charge is 0.759 e. The van der Waals surface area contributed by atoms with Gasteiger partial charge in [0.15, 0.2) is 0 Å². The molecule has 0 aliphatic carbocycles. The minimum absolute atomic E-state index is 0. The van der Waals surface area contributed by atoms with Crippen LogP contribution in [0.4, 0.5) is 4.79 Å². The molecule has 0 radical (unpaired) electrons. The summed E-state index contributed by atoms with van der Waals surface area (Å²) in [5, 5.41) is 16.7. The van der Waals surface area contributed by atoms with Crippen molar-refractivity contribution in [2.75, 3.05) is 0 Å². The average Bonchev–Trinajstić information content (AvgIpc) is 1.19. The van der Waals surface area contributed by atoms with E-state index in [0.717, 1.165) is 0 Å². The Bertz CT molecular complexity index is 161. The molecule has 0 fully saturated rings. The standard InChI is InChI=1S/CH2O3.Ca.H2O4S.Zn/c2-1(3)4;;1-5(2,3)4;/h(H2,2,3,4);;(H2,1,2,3,4);/q;+2;;+2/p-4. The van der Waals surface area contributed by atoms with Crippen molar-refractivity contribution >= 4 is 54.3 Å². The third-order valence-electron chi connectivity index (χ3n) is 0. The maximum Gasteiger partial charge on any atom is 2.00 e. The van der Waals surface area contributed by atoms with E-state index in [-0.39, 0.29) is 57.2 Å². The van der Waals surface area contributed by atoms with Crippen LogP contribution >= 0.6 is 0 Å². The quantitative estimate of drug-likeness (QED) is 0.244. The van der Waals surface area contributed by atoms with Crippen LogP contribution in [-0.4, -0.2) is 61.4 Å². The van der Waals surface area contributed by atoms with Crippen LogP contribution in [0, 0.1) is 0 Å². The second-order valence-electron chi connectivity index (χ2n) is 0.658. The molecule has 0 heterocycles. The van der Waals surface area contributed by atoms with Crippen LogP contribution < -0.4 is 10.2 Å². The molecule has 0 rings (SSSR count). The second kappa shape index (κ2) is 11.0. The molecule has 0 saturated heterocycles. The Balaban J connectivity index is -0.0000000383. The van der Waals surface area contributed by atoms with E-state index in [4.69, 9.17) is 32.5 Å². The summed E-state index contributed by atoms with van der Waals surface area (Å²) < 4.78 is 34.1. The van der Waals surface area contributed by atoms with E-state index in [1.54, 1.807) is 0 Å². The predicted molar refractivity (Wildman–Crippen MR) is 21.6 cm³/mol. The summed E-state index contributed by atoms with van der Waals surface area (Å²) in [6.07, 6.45) is -2.33. The molecule has 0 N–H and O–H groups in total. The van der Waals surface area contributed by atoms with Crippen LogP contribution in [0.25, 0.3) is 0 Å². The molecule has 0 unspecified atom stereocenters. The molecule has 0 aromatic carbocycles. The van der Waals surface area contributed by atoms with Gasteiger partial charge in [0.1, 0.15) is 0 Å². The van der Waals surface area contributed by atoms with Crippen molar-refractivity contribution in [3.05, 3.63) is 0 Å². The van der Waals surface area contributed by atoms with Gasteiger partial charge in [0.2, 0.25) is 0 Å². The molecular weight excluding hydrogens is 262 g/mol. The Morgan fingerprint density at radius 3 is 1.09 bits per heavy atom. The van der Waals surface area contributed by atoms with Gasteiger partial charge in [-0.25, -0.2) is 0 Å². The first kappa shape index (κ1) is 22.7. The molecule has 7 nitrogen and oxygen atoms in total. The minimum atomic E-state index is -5.17. The maximum absolute atomic E-state index is 8.52. The zero-order chi connectivity index (χ0) is 8.08. The van der Waals surface area contributed by atoms with E-state index in [2.05, 4.69) is 0 Å². The van der Waals surface area contributed by atoms with Crippen molar-refractivity contribution < 1.29 is 52.0 Å². The fraction of sp³-hybridized carbons (Fsp3) is 0. The largest absolute Gasteiger partial charge is 2.00 e. The molecule has 0 amide bonds. The predicted octanol–water partition coefficient (Wildman–Crippen LogP) is -4.17. The van der Waals surface area contributed by atoms with Gasteiger partial charge in [-0.1, -0.05) is 0 Å². The first-order valence-electron chi connectivity index (χ1n) is 1.28. The van der Waals surface area contributed by atoms with Gasteiger partial charge in [0.25, 0.3) is 0 Å². The summed E-state index contributed by atoms with van der Waals surface area (Å²) in [6, 6.07) is 0. The Hall–Kier alpha value is 1.02. The fourth-order valence-electron chi connectivity index (χ4n) is 0. The number of carbonyl (C=O) groups excluding carboxylic acids is 1. The van der Waals surface area contributed by atoms with Gasteiger partial charge in [-0.15, -0.1) is 0 Å². The number of hydrogen-bond acceptors (Lipinski definition) is 7. The van der Waals surface area contributed by atoms with E-state index in [1.165, 1.54) is 0 Å². The Kier molecular flexibility index (Phi) is 22.7. The van der Waals surface area contributed by atoms with Crippen LogP contribution in [0.15, 0.2) is 0 Å². The van der Waals surface area contributed by atoms with Crippen LogP contribution in [0.1, 0.15) is 0 Å². The number of carbonyl (C=O) groups is 1. The van der Waals surface area contributed by atoms with Crippen LogP contribution in [0.3, 0.4) is 0 Å². The summed E-state index contributed by atoms with van der Waals surface area (Å²) in [5.41, 5.74) is 0. The molecule has 56 valence electrons. The van der Waals surface area contributed by atoms with Gasteiger partial charge in [-0.05, 0) is 6.16 Å². The summed E-state index contributed by atoms with van der Waals surface area (Å²) in [7, 11) is -5.17. The Morgan fingerprint density at radius 1 is 1.09 bits per heavy atom. The molecule has 0 atom stereocenters. The first-order valence-corrected chi connectivity index (χ1v) is 2.61. The minimum Gasteiger partial charge on any atom is -0.759 e. The summed E-state index contributed by atoms with van der Waals surface area (Å²) in [6.45, 7) is 0. The van der Waals surface area contributed by atoms with Crippen molar-refractivity contribution in [1.29, 1.82) is 0 Å². The van der Waals surface area contributed by atoms with Crippen molar-refractivity contribution in [1.82, 2.24) is 0 Å². The summed E-state index contributed by atoms with van der Waals surface area (Å²) in [5.74, 6) is 0. The molecule has 0 bridgehead atoms. The summed E-state index contributed by atoms with van der Waals surface area (Å²) >= 11 is 0. The topological polar surface area (TPSA) is 143 Å². The molecular formula is CCaO7SZn. The maximum atomic E-state index is 8.52. The van der Waals surface area contributed by atoms with Crippen LogP contribution in [-0.2, 0) is 29.9 Å². The molecule has 0 saturated carbocycles. The second-order valence-corrected chi connectivity index (χ2v) is 1.47. The Labute approximate surface area is 105 Å². The van der Waals surface area contributed by atoms with E-state index in [0.29, 0.717) is 0 Å².